The quantitative estimate of drug-likeness (QED) is 0.600. The number of fused-ring (bicyclic) bond motifs is 1. The molecule has 0 aromatic carbocycles. The van der Waals surface area contributed by atoms with Gasteiger partial charge in [0.2, 0.25) is 0 Å². The molecule has 0 spiro atoms. The van der Waals surface area contributed by atoms with Crippen LogP contribution in [-0.4, -0.2) is 24.8 Å². The minimum Gasteiger partial charge on any atom is -0.309 e. The van der Waals surface area contributed by atoms with E-state index in [9.17, 15) is 0 Å². The lowest BCUT2D eigenvalue weighted by Gasteiger charge is -2.35. The molecule has 0 aromatic heterocycles. The van der Waals surface area contributed by atoms with Crippen molar-refractivity contribution >= 4 is 5.71 Å². The molecule has 0 radical (unpaired) electrons. The molecule has 0 aliphatic carbocycles. The summed E-state index contributed by atoms with van der Waals surface area (Å²) in [6, 6.07) is 0.585. The summed E-state index contributed by atoms with van der Waals surface area (Å²) in [7, 11) is 0. The molecule has 1 N–H and O–H groups in total. The molecule has 2 rings (SSSR count). The number of piperidine rings is 1. The van der Waals surface area contributed by atoms with Gasteiger partial charge in [0.15, 0.2) is 0 Å². The van der Waals surface area contributed by atoms with E-state index in [2.05, 4.69) is 37.2 Å². The summed E-state index contributed by atoms with van der Waals surface area (Å²) in [5.41, 5.74) is 3.12. The largest absolute Gasteiger partial charge is 0.309 e. The molecule has 2 aliphatic heterocycles. The van der Waals surface area contributed by atoms with Crippen LogP contribution in [0.15, 0.2) is 16.6 Å². The van der Waals surface area contributed by atoms with Crippen molar-refractivity contribution in [3.8, 4) is 0 Å². The van der Waals surface area contributed by atoms with Gasteiger partial charge in [0.1, 0.15) is 0 Å². The molecule has 1 unspecified atom stereocenters. The van der Waals surface area contributed by atoms with Crippen molar-refractivity contribution in [3.05, 3.63) is 11.6 Å². The van der Waals surface area contributed by atoms with Gasteiger partial charge in [-0.25, -0.2) is 0 Å². The predicted molar refractivity (Wildman–Crippen MR) is 56.2 cm³/mol. The number of rotatable bonds is 0. The Balaban J connectivity index is 2.10. The number of hydrogen-bond acceptors (Lipinski definition) is 2. The second-order valence-corrected chi connectivity index (χ2v) is 5.02. The molecule has 2 heterocycles. The van der Waals surface area contributed by atoms with E-state index in [1.807, 2.05) is 0 Å². The van der Waals surface area contributed by atoms with E-state index in [1.165, 1.54) is 11.3 Å². The van der Waals surface area contributed by atoms with Gasteiger partial charge in [-0.15, -0.1) is 0 Å². The standard InChI is InChI=1S/C11H18N2/c1-11(2,3)10-6-9-8(7-13-10)4-5-12-9/h4,10,13H,5-7H2,1-3H3. The average Bonchev–Trinajstić information content (AvgIpc) is 2.47. The molecule has 2 heteroatoms. The SMILES string of the molecule is CC(C)(C)C1CC2=NCC=C2CN1. The maximum atomic E-state index is 4.51. The molecule has 13 heavy (non-hydrogen) atoms. The molecule has 0 aromatic rings. The highest BCUT2D eigenvalue weighted by Crippen LogP contribution is 2.27. The monoisotopic (exact) mass is 178 g/mol. The summed E-state index contributed by atoms with van der Waals surface area (Å²) < 4.78 is 0. The summed E-state index contributed by atoms with van der Waals surface area (Å²) in [6.07, 6.45) is 3.34. The van der Waals surface area contributed by atoms with E-state index < -0.39 is 0 Å². The van der Waals surface area contributed by atoms with Gasteiger partial charge in [0, 0.05) is 24.7 Å². The zero-order valence-corrected chi connectivity index (χ0v) is 8.72. The van der Waals surface area contributed by atoms with E-state index in [0.717, 1.165) is 19.5 Å². The van der Waals surface area contributed by atoms with Crippen LogP contribution < -0.4 is 5.32 Å². The van der Waals surface area contributed by atoms with Crippen molar-refractivity contribution in [1.82, 2.24) is 5.32 Å². The Morgan fingerprint density at radius 3 is 2.92 bits per heavy atom. The second-order valence-electron chi connectivity index (χ2n) is 5.02. The number of nitrogens with one attached hydrogen (secondary N) is 1. The van der Waals surface area contributed by atoms with E-state index in [-0.39, 0.29) is 0 Å². The lowest BCUT2D eigenvalue weighted by molar-refractivity contribution is 0.275. The summed E-state index contributed by atoms with van der Waals surface area (Å²) in [4.78, 5) is 4.51. The highest BCUT2D eigenvalue weighted by molar-refractivity contribution is 6.03. The molecular weight excluding hydrogens is 160 g/mol. The first-order chi connectivity index (χ1) is 6.07. The Labute approximate surface area is 80.1 Å². The van der Waals surface area contributed by atoms with Crippen molar-refractivity contribution in [2.45, 2.75) is 33.2 Å². The maximum Gasteiger partial charge on any atom is 0.0580 e. The summed E-state index contributed by atoms with van der Waals surface area (Å²) in [5, 5.41) is 3.58. The van der Waals surface area contributed by atoms with Gasteiger partial charge in [-0.05, 0) is 11.0 Å². The number of hydrogen-bond donors (Lipinski definition) is 1. The van der Waals surface area contributed by atoms with Crippen LogP contribution in [0.2, 0.25) is 0 Å². The molecule has 1 fully saturated rings. The van der Waals surface area contributed by atoms with Gasteiger partial charge in [0.25, 0.3) is 0 Å². The van der Waals surface area contributed by atoms with Gasteiger partial charge in [-0.1, -0.05) is 26.8 Å². The van der Waals surface area contributed by atoms with Gasteiger partial charge >= 0.3 is 0 Å². The predicted octanol–water partition coefficient (Wildman–Crippen LogP) is 1.78. The van der Waals surface area contributed by atoms with E-state index >= 15 is 0 Å². The Kier molecular flexibility index (Phi) is 2.03. The molecule has 1 atom stereocenters. The van der Waals surface area contributed by atoms with Crippen LogP contribution in [0.1, 0.15) is 27.2 Å². The maximum absolute atomic E-state index is 4.51. The summed E-state index contributed by atoms with van der Waals surface area (Å²) in [6.45, 7) is 8.78. The molecule has 2 nitrogen and oxygen atoms in total. The van der Waals surface area contributed by atoms with Crippen LogP contribution in [-0.2, 0) is 0 Å². The lowest BCUT2D eigenvalue weighted by atomic mass is 9.80. The third-order valence-corrected chi connectivity index (χ3v) is 2.97. The van der Waals surface area contributed by atoms with Crippen molar-refractivity contribution in [2.75, 3.05) is 13.1 Å². The normalized spacial score (nSPS) is 28.1. The third kappa shape index (κ3) is 1.68. The molecule has 72 valence electrons. The van der Waals surface area contributed by atoms with Crippen LogP contribution in [0, 0.1) is 5.41 Å². The van der Waals surface area contributed by atoms with Gasteiger partial charge < -0.3 is 5.32 Å². The van der Waals surface area contributed by atoms with E-state index in [0.29, 0.717) is 11.5 Å². The van der Waals surface area contributed by atoms with E-state index in [4.69, 9.17) is 0 Å². The molecular formula is C11H18N2. The van der Waals surface area contributed by atoms with Crippen molar-refractivity contribution in [3.63, 3.8) is 0 Å². The lowest BCUT2D eigenvalue weighted by Crippen LogP contribution is -2.47. The number of nitrogens with zero attached hydrogens (tertiary/aromatic N) is 1. The topological polar surface area (TPSA) is 24.4 Å². The zero-order valence-electron chi connectivity index (χ0n) is 8.72. The van der Waals surface area contributed by atoms with E-state index in [1.54, 1.807) is 0 Å². The Hall–Kier alpha value is -0.630. The fourth-order valence-corrected chi connectivity index (χ4v) is 1.97. The molecule has 1 saturated heterocycles. The second kappa shape index (κ2) is 2.95. The molecule has 0 amide bonds. The minimum atomic E-state index is 0.344. The fraction of sp³-hybridized carbons (Fsp3) is 0.727. The highest BCUT2D eigenvalue weighted by atomic mass is 15.0. The van der Waals surface area contributed by atoms with Gasteiger partial charge in [0.05, 0.1) is 6.54 Å². The van der Waals surface area contributed by atoms with Crippen LogP contribution in [0.3, 0.4) is 0 Å². The Bertz CT molecular complexity index is 268. The molecule has 2 aliphatic rings. The Morgan fingerprint density at radius 2 is 2.23 bits per heavy atom. The molecule has 0 bridgehead atoms. The summed E-state index contributed by atoms with van der Waals surface area (Å²) >= 11 is 0. The third-order valence-electron chi connectivity index (χ3n) is 2.97. The van der Waals surface area contributed by atoms with Crippen molar-refractivity contribution in [1.29, 1.82) is 0 Å². The highest BCUT2D eigenvalue weighted by Gasteiger charge is 2.31. The van der Waals surface area contributed by atoms with Crippen molar-refractivity contribution < 1.29 is 0 Å². The van der Waals surface area contributed by atoms with Crippen LogP contribution >= 0.6 is 0 Å². The van der Waals surface area contributed by atoms with Crippen LogP contribution in [0.4, 0.5) is 0 Å². The first-order valence-corrected chi connectivity index (χ1v) is 5.03. The zero-order chi connectivity index (χ0) is 9.47. The fourth-order valence-electron chi connectivity index (χ4n) is 1.97. The van der Waals surface area contributed by atoms with Crippen molar-refractivity contribution in [2.24, 2.45) is 10.4 Å². The average molecular weight is 178 g/mol. The first kappa shape index (κ1) is 8.95. The minimum absolute atomic E-state index is 0.344. The van der Waals surface area contributed by atoms with Gasteiger partial charge in [-0.3, -0.25) is 4.99 Å². The Morgan fingerprint density at radius 1 is 1.46 bits per heavy atom. The van der Waals surface area contributed by atoms with Crippen LogP contribution in [0.25, 0.3) is 0 Å². The number of aliphatic imine (C=N–C) groups is 1. The molecule has 0 saturated carbocycles. The smallest absolute Gasteiger partial charge is 0.0580 e. The van der Waals surface area contributed by atoms with Crippen LogP contribution in [0.5, 0.6) is 0 Å². The summed E-state index contributed by atoms with van der Waals surface area (Å²) in [5.74, 6) is 0. The first-order valence-electron chi connectivity index (χ1n) is 5.03. The van der Waals surface area contributed by atoms with Gasteiger partial charge in [-0.2, -0.15) is 0 Å².